The summed E-state index contributed by atoms with van der Waals surface area (Å²) in [4.78, 5) is 159. The van der Waals surface area contributed by atoms with Crippen LogP contribution in [0.1, 0.15) is 120 Å². The molecule has 626 valence electrons. The predicted molar refractivity (Wildman–Crippen MR) is 428 cm³/mol. The second-order valence-corrected chi connectivity index (χ2v) is 30.3. The van der Waals surface area contributed by atoms with Crippen molar-refractivity contribution in [2.24, 2.45) is 13.0 Å². The number of amides is 11. The molecule has 40 heteroatoms. The van der Waals surface area contributed by atoms with Gasteiger partial charge in [0, 0.05) is 117 Å². The number of nitrogens with one attached hydrogen (secondary N) is 6. The molecule has 15 heterocycles. The van der Waals surface area contributed by atoms with E-state index in [1.54, 1.807) is 95.7 Å². The lowest BCUT2D eigenvalue weighted by Gasteiger charge is -2.35. The standard InChI is InChI=1S/C22H21F3N6O2.C20H23N5O3.C19H21N7O2.C18H23F3N6O3/c1-29-17-4-2-3-15(14(17)11-26-29)28-21(33)31-13-8-10-30(12-13)18-6-5-16(27-20(18)31)19(32)7-9-22(23,24)25;26-12-4-2-5-17(27)15-7-8-16-19(22-15)25(14-9-11-24(16)13-14)20(28)23-18-6-1-3-10-21-18;27-18(21-9-12-1-2-12)14-3-4-15-17(23-14)26(13-6-8-25(15)10-13)19(28)24-16-5-7-20-11-22-16;1-10(18(19,20)21)23-16(29)12-4-5-13-15(24-12)27(11-6-7-26(13)9-11)17(30)22-8-14(28)25(2)3/h2-6,11,13H,7-10,12H2,1H3,(H,28,33);1,3,6-8,10,14,26H,2,4-5,9,11-13H2,(H,21,23,28);3-5,7,11-13H,1-2,6,8-10H2,(H,21,27)(H,20,22,24,28);4-5,10-11H,6-9H2,1-3H3,(H,22,30)(H,23,29)/t13-;14-;13-;10-,11+/m0001/s1. The van der Waals surface area contributed by atoms with Gasteiger partial charge in [-0.1, -0.05) is 12.1 Å². The number of pyridine rings is 5. The van der Waals surface area contributed by atoms with Gasteiger partial charge in [0.1, 0.15) is 46.8 Å². The maximum absolute atomic E-state index is 13.4. The summed E-state index contributed by atoms with van der Waals surface area (Å²) in [5, 5.41) is 29.8. The summed E-state index contributed by atoms with van der Waals surface area (Å²) >= 11 is 0. The molecule has 11 amide bonds. The molecule has 8 aromatic rings. The minimum atomic E-state index is -4.58. The molecular formula is C79H88F6N24O10. The van der Waals surface area contributed by atoms with Crippen LogP contribution in [0.25, 0.3) is 10.9 Å². The van der Waals surface area contributed by atoms with E-state index in [0.717, 1.165) is 81.2 Å². The molecule has 1 aliphatic carbocycles. The molecule has 0 unspecified atom stereocenters. The monoisotopic (exact) mass is 1650 g/mol. The Morgan fingerprint density at radius 3 is 1.49 bits per heavy atom. The first-order valence-electron chi connectivity index (χ1n) is 39.2. The number of carbonyl (C=O) groups is 9. The molecule has 7 N–H and O–H groups in total. The first-order valence-corrected chi connectivity index (χ1v) is 39.2. The Labute approximate surface area is 678 Å². The third-order valence-electron chi connectivity index (χ3n) is 21.9. The van der Waals surface area contributed by atoms with Crippen LogP contribution in [0.15, 0.2) is 116 Å². The number of aryl methyl sites for hydroxylation is 1. The highest BCUT2D eigenvalue weighted by atomic mass is 19.4. The lowest BCUT2D eigenvalue weighted by molar-refractivity contribution is -0.149. The minimum absolute atomic E-state index is 0.0171. The lowest BCUT2D eigenvalue weighted by atomic mass is 10.1. The Balaban J connectivity index is 0.000000130. The number of urea groups is 4. The fraction of sp³-hybridized carbons (Fsp3) is 0.430. The predicted octanol–water partition coefficient (Wildman–Crippen LogP) is 9.18. The van der Waals surface area contributed by atoms with Gasteiger partial charge in [0.25, 0.3) is 11.8 Å². The van der Waals surface area contributed by atoms with Crippen molar-refractivity contribution < 1.29 is 74.6 Å². The number of alkyl halides is 6. The van der Waals surface area contributed by atoms with Crippen LogP contribution < -0.4 is 71.1 Å². The molecule has 0 radical (unpaired) electrons. The van der Waals surface area contributed by atoms with E-state index in [4.69, 9.17) is 5.11 Å². The van der Waals surface area contributed by atoms with Gasteiger partial charge < -0.3 is 50.9 Å². The lowest BCUT2D eigenvalue weighted by Crippen LogP contribution is -2.52. The zero-order chi connectivity index (χ0) is 84.1. The van der Waals surface area contributed by atoms with Gasteiger partial charge in [-0.2, -0.15) is 31.4 Å². The number of aromatic nitrogens is 9. The van der Waals surface area contributed by atoms with Gasteiger partial charge >= 0.3 is 36.5 Å². The number of hydrogen-bond acceptors (Lipinski definition) is 22. The van der Waals surface area contributed by atoms with E-state index in [-0.39, 0.29) is 90.0 Å². The first kappa shape index (κ1) is 82.6. The van der Waals surface area contributed by atoms with Crippen LogP contribution >= 0.6 is 0 Å². The number of rotatable bonds is 18. The molecule has 5 atom stereocenters. The highest BCUT2D eigenvalue weighted by Gasteiger charge is 2.46. The molecule has 8 aliphatic heterocycles. The van der Waals surface area contributed by atoms with E-state index in [9.17, 15) is 69.5 Å². The van der Waals surface area contributed by atoms with Gasteiger partial charge in [0.15, 0.2) is 34.8 Å². The highest BCUT2D eigenvalue weighted by molar-refractivity contribution is 6.10. The number of unbranched alkanes of at least 4 members (excludes halogenated alkanes) is 1. The van der Waals surface area contributed by atoms with Crippen LogP contribution in [-0.2, 0) is 11.8 Å². The Hall–Kier alpha value is -12.9. The van der Waals surface area contributed by atoms with Crippen LogP contribution in [0.4, 0.5) is 109 Å². The topological polar surface area (TPSA) is 383 Å². The normalized spacial score (nSPS) is 18.3. The van der Waals surface area contributed by atoms with Crippen molar-refractivity contribution >= 4 is 128 Å². The SMILES string of the molecule is C[C@@H](NC(=O)c1ccc2c(n1)N(C(=O)NCC(=O)N(C)C)[C@H]1CCN2C1)C(F)(F)F.Cn1ncc2c(NC(=O)N3c4nc(C(=O)CCC(F)(F)F)ccc4N4CC[C@H]3C4)cccc21.O=C(CCCCO)c1ccc2c(n1)N(C(=O)Nc1ccccn1)[C@H]1CCN2C1.O=C(NCC1CC1)c1ccc2c(n1)N(C(=O)Nc1ccncn1)[C@H]1CCN2C1. The van der Waals surface area contributed by atoms with Gasteiger partial charge in [-0.05, 0) is 143 Å². The van der Waals surface area contributed by atoms with E-state index >= 15 is 0 Å². The van der Waals surface area contributed by atoms with Gasteiger partial charge in [0.05, 0.1) is 77.3 Å². The number of ketones is 2. The summed E-state index contributed by atoms with van der Waals surface area (Å²) in [6.07, 6.45) is 2.33. The summed E-state index contributed by atoms with van der Waals surface area (Å²) in [7, 11) is 4.94. The molecule has 4 saturated heterocycles. The number of likely N-dealkylation sites (N-methyl/N-ethyl adjacent to an activating group) is 1. The molecule has 119 heavy (non-hydrogen) atoms. The van der Waals surface area contributed by atoms with Crippen LogP contribution in [0.3, 0.4) is 0 Å². The highest BCUT2D eigenvalue weighted by Crippen LogP contribution is 2.44. The Morgan fingerprint density at radius 1 is 0.529 bits per heavy atom. The van der Waals surface area contributed by atoms with Gasteiger partial charge in [0.2, 0.25) is 5.91 Å². The molecule has 8 bridgehead atoms. The Bertz CT molecular complexity index is 5160. The van der Waals surface area contributed by atoms with Crippen LogP contribution in [0.2, 0.25) is 0 Å². The smallest absolute Gasteiger partial charge is 0.396 e. The maximum Gasteiger partial charge on any atom is 0.408 e. The summed E-state index contributed by atoms with van der Waals surface area (Å²) in [5.74, 6) is 0.772. The molecular weight excluding hydrogens is 1560 g/mol. The van der Waals surface area contributed by atoms with Crippen molar-refractivity contribution in [1.82, 2.24) is 65.5 Å². The molecule has 1 saturated carbocycles. The minimum Gasteiger partial charge on any atom is -0.396 e. The van der Waals surface area contributed by atoms with Crippen molar-refractivity contribution in [3.8, 4) is 0 Å². The molecule has 0 spiro atoms. The van der Waals surface area contributed by atoms with Gasteiger partial charge in [-0.3, -0.25) is 58.9 Å². The molecule has 9 aliphatic rings. The average Bonchev–Trinajstić information content (AvgIpc) is 1.67. The summed E-state index contributed by atoms with van der Waals surface area (Å²) in [6.45, 7) is 7.22. The van der Waals surface area contributed by atoms with E-state index in [1.165, 1.54) is 46.0 Å². The summed E-state index contributed by atoms with van der Waals surface area (Å²) < 4.78 is 77.6. The molecule has 17 rings (SSSR count). The summed E-state index contributed by atoms with van der Waals surface area (Å²) in [5.41, 5.74) is 4.88. The number of halogens is 6. The third-order valence-corrected chi connectivity index (χ3v) is 21.9. The van der Waals surface area contributed by atoms with Crippen molar-refractivity contribution in [3.05, 3.63) is 139 Å². The number of aliphatic hydroxyl groups is 1. The Kier molecular flexibility index (Phi) is 24.4. The van der Waals surface area contributed by atoms with E-state index in [0.29, 0.717) is 110 Å². The van der Waals surface area contributed by atoms with Crippen molar-refractivity contribution in [3.63, 3.8) is 0 Å². The van der Waals surface area contributed by atoms with E-state index in [2.05, 4.69) is 81.3 Å². The maximum atomic E-state index is 13.4. The van der Waals surface area contributed by atoms with Gasteiger partial charge in [-0.25, -0.2) is 54.1 Å². The number of fused-ring (bicyclic) bond motifs is 17. The van der Waals surface area contributed by atoms with Crippen molar-refractivity contribution in [2.75, 3.05) is 141 Å². The van der Waals surface area contributed by atoms with Gasteiger partial charge in [-0.15, -0.1) is 0 Å². The fourth-order valence-electron chi connectivity index (χ4n) is 15.4. The second-order valence-electron chi connectivity index (χ2n) is 30.3. The Morgan fingerprint density at radius 2 is 1.02 bits per heavy atom. The molecule has 7 aromatic heterocycles. The number of Topliss-reactive ketones (excluding diaryl/α,β-unsaturated/α-hetero) is 2. The number of nitrogens with zero attached hydrogens (tertiary/aromatic N) is 18. The number of hydrogen-bond donors (Lipinski definition) is 7. The van der Waals surface area contributed by atoms with Crippen molar-refractivity contribution in [1.29, 1.82) is 0 Å². The third kappa shape index (κ3) is 18.7. The second kappa shape index (κ2) is 35.1. The van der Waals surface area contributed by atoms with Crippen molar-refractivity contribution in [2.45, 2.75) is 120 Å². The largest absolute Gasteiger partial charge is 0.408 e. The summed E-state index contributed by atoms with van der Waals surface area (Å²) in [6, 6.07) is 21.8. The number of benzene rings is 1. The molecule has 1 aromatic carbocycles. The van der Waals surface area contributed by atoms with E-state index in [1.807, 2.05) is 47.6 Å². The first-order chi connectivity index (χ1) is 57.1. The van der Waals surface area contributed by atoms with Crippen LogP contribution in [0, 0.1) is 5.92 Å². The quantitative estimate of drug-likeness (QED) is 0.0239. The molecule has 5 fully saturated rings. The van der Waals surface area contributed by atoms with Crippen LogP contribution in [0.5, 0.6) is 0 Å². The number of anilines is 11. The number of carbonyl (C=O) groups excluding carboxylic acids is 9. The zero-order valence-corrected chi connectivity index (χ0v) is 65.4. The zero-order valence-electron chi connectivity index (χ0n) is 65.4. The van der Waals surface area contributed by atoms with Crippen LogP contribution in [-0.4, -0.2) is 237 Å². The fourth-order valence-corrected chi connectivity index (χ4v) is 15.4. The number of aliphatic hydroxyl groups excluding tert-OH is 1. The molecule has 34 nitrogen and oxygen atoms in total. The van der Waals surface area contributed by atoms with E-state index < -0.39 is 55.0 Å². The average molecular weight is 1650 g/mol.